The molecular weight excluding hydrogens is 313 g/mol. The Kier molecular flexibility index (Phi) is 5.35. The molecule has 1 aromatic carbocycles. The lowest BCUT2D eigenvalue weighted by molar-refractivity contribution is -0.253. The van der Waals surface area contributed by atoms with Crippen molar-refractivity contribution in [1.29, 1.82) is 0 Å². The number of hydrogen-bond acceptors (Lipinski definition) is 3. The van der Waals surface area contributed by atoms with E-state index in [0.717, 1.165) is 4.90 Å². The van der Waals surface area contributed by atoms with Gasteiger partial charge in [-0.2, -0.15) is 13.2 Å². The number of likely N-dealkylation sites (tertiary alicyclic amines) is 1. The molecule has 0 spiro atoms. The summed E-state index contributed by atoms with van der Waals surface area (Å²) in [4.78, 5) is 12.8. The van der Waals surface area contributed by atoms with Gasteiger partial charge in [-0.1, -0.05) is 18.2 Å². The largest absolute Gasteiger partial charge is 0.494 e. The number of aliphatic hydroxyl groups is 1. The van der Waals surface area contributed by atoms with E-state index in [1.807, 2.05) is 18.2 Å². The fourth-order valence-corrected chi connectivity index (χ4v) is 2.28. The topological polar surface area (TPSA) is 61.8 Å². The molecule has 2 rings (SSSR count). The Morgan fingerprint density at radius 1 is 1.35 bits per heavy atom. The summed E-state index contributed by atoms with van der Waals surface area (Å²) in [6.07, 6.45) is -4.70. The van der Waals surface area contributed by atoms with E-state index < -0.39 is 30.8 Å². The first kappa shape index (κ1) is 17.4. The Morgan fingerprint density at radius 3 is 2.65 bits per heavy atom. The summed E-state index contributed by atoms with van der Waals surface area (Å²) in [7, 11) is 0. The van der Waals surface area contributed by atoms with Crippen LogP contribution in [0, 0.1) is 0 Å². The average molecular weight is 332 g/mol. The first-order valence-corrected chi connectivity index (χ1v) is 7.31. The highest BCUT2D eigenvalue weighted by atomic mass is 19.4. The molecule has 0 saturated carbocycles. The van der Waals surface area contributed by atoms with Gasteiger partial charge in [-0.05, 0) is 18.6 Å². The van der Waals surface area contributed by atoms with Crippen molar-refractivity contribution in [1.82, 2.24) is 10.2 Å². The van der Waals surface area contributed by atoms with E-state index in [1.54, 1.807) is 12.1 Å². The van der Waals surface area contributed by atoms with Gasteiger partial charge in [0.15, 0.2) is 5.60 Å². The van der Waals surface area contributed by atoms with Crippen molar-refractivity contribution in [3.63, 3.8) is 0 Å². The van der Waals surface area contributed by atoms with Crippen molar-refractivity contribution in [3.8, 4) is 5.75 Å². The number of carbonyl (C=O) groups is 1. The maximum Gasteiger partial charge on any atom is 0.419 e. The zero-order valence-electron chi connectivity index (χ0n) is 12.5. The van der Waals surface area contributed by atoms with Crippen LogP contribution in [-0.2, 0) is 0 Å². The van der Waals surface area contributed by atoms with Crippen LogP contribution in [-0.4, -0.2) is 54.1 Å². The molecule has 1 fully saturated rings. The molecule has 23 heavy (non-hydrogen) atoms. The summed E-state index contributed by atoms with van der Waals surface area (Å²) < 4.78 is 43.4. The number of benzene rings is 1. The molecular formula is C15H19F3N2O3. The molecule has 2 N–H and O–H groups in total. The van der Waals surface area contributed by atoms with E-state index in [0.29, 0.717) is 18.8 Å². The summed E-state index contributed by atoms with van der Waals surface area (Å²) in [6.45, 7) is -0.186. The first-order valence-electron chi connectivity index (χ1n) is 7.31. The van der Waals surface area contributed by atoms with E-state index in [-0.39, 0.29) is 13.1 Å². The quantitative estimate of drug-likeness (QED) is 0.813. The van der Waals surface area contributed by atoms with Gasteiger partial charge in [0.1, 0.15) is 5.75 Å². The molecule has 1 aliphatic rings. The van der Waals surface area contributed by atoms with Crippen molar-refractivity contribution in [2.45, 2.75) is 24.6 Å². The molecule has 0 radical (unpaired) electrons. The number of alkyl halides is 3. The van der Waals surface area contributed by atoms with E-state index >= 15 is 0 Å². The van der Waals surface area contributed by atoms with Crippen molar-refractivity contribution >= 4 is 6.03 Å². The second-order valence-corrected chi connectivity index (χ2v) is 5.45. The standard InChI is InChI=1S/C15H19F3N2O3/c16-15(17,18)14(22)7-9-20(11-14)13(21)19-8-4-10-23-12-5-2-1-3-6-12/h1-3,5-6,22H,4,7-11H2,(H,19,21)/t14-/m0/s1. The number of nitrogens with one attached hydrogen (secondary N) is 1. The van der Waals surface area contributed by atoms with Crippen LogP contribution >= 0.6 is 0 Å². The number of β-amino-alcohol motifs (C(OH)–C–C–N with tert-alkyl or cyclic N) is 1. The molecule has 5 nitrogen and oxygen atoms in total. The molecule has 8 heteroatoms. The van der Waals surface area contributed by atoms with Gasteiger partial charge < -0.3 is 20.1 Å². The van der Waals surface area contributed by atoms with Gasteiger partial charge >= 0.3 is 12.2 Å². The van der Waals surface area contributed by atoms with Gasteiger partial charge in [-0.25, -0.2) is 4.79 Å². The predicted octanol–water partition coefficient (Wildman–Crippen LogP) is 2.16. The molecule has 1 atom stereocenters. The number of nitrogens with zero attached hydrogens (tertiary/aromatic N) is 1. The third kappa shape index (κ3) is 4.51. The Morgan fingerprint density at radius 2 is 2.04 bits per heavy atom. The van der Waals surface area contributed by atoms with Gasteiger partial charge in [-0.3, -0.25) is 0 Å². The van der Waals surface area contributed by atoms with E-state index in [9.17, 15) is 23.1 Å². The second-order valence-electron chi connectivity index (χ2n) is 5.45. The van der Waals surface area contributed by atoms with Crippen molar-refractivity contribution in [2.75, 3.05) is 26.2 Å². The number of halogens is 3. The van der Waals surface area contributed by atoms with Crippen molar-refractivity contribution in [2.24, 2.45) is 0 Å². The van der Waals surface area contributed by atoms with Crippen LogP contribution in [0.25, 0.3) is 0 Å². The van der Waals surface area contributed by atoms with Crippen LogP contribution in [0.3, 0.4) is 0 Å². The zero-order chi connectivity index (χ0) is 16.9. The van der Waals surface area contributed by atoms with Gasteiger partial charge in [0.2, 0.25) is 0 Å². The van der Waals surface area contributed by atoms with Gasteiger partial charge in [-0.15, -0.1) is 0 Å². The Balaban J connectivity index is 1.66. The second kappa shape index (κ2) is 7.08. The fourth-order valence-electron chi connectivity index (χ4n) is 2.28. The molecule has 0 unspecified atom stereocenters. The van der Waals surface area contributed by atoms with Crippen LogP contribution in [0.15, 0.2) is 30.3 Å². The smallest absolute Gasteiger partial charge is 0.419 e. The molecule has 1 aliphatic heterocycles. The van der Waals surface area contributed by atoms with Crippen LogP contribution in [0.2, 0.25) is 0 Å². The maximum atomic E-state index is 12.7. The fraction of sp³-hybridized carbons (Fsp3) is 0.533. The molecule has 1 saturated heterocycles. The molecule has 0 aromatic heterocycles. The van der Waals surface area contributed by atoms with Gasteiger partial charge in [0, 0.05) is 19.5 Å². The first-order chi connectivity index (χ1) is 10.8. The number of para-hydroxylation sites is 1. The minimum atomic E-state index is -4.73. The summed E-state index contributed by atoms with van der Waals surface area (Å²) >= 11 is 0. The molecule has 0 bridgehead atoms. The third-order valence-electron chi connectivity index (χ3n) is 3.67. The van der Waals surface area contributed by atoms with Crippen LogP contribution in [0.4, 0.5) is 18.0 Å². The lowest BCUT2D eigenvalue weighted by Crippen LogP contribution is -2.49. The Labute approximate surface area is 132 Å². The van der Waals surface area contributed by atoms with E-state index in [1.165, 1.54) is 0 Å². The van der Waals surface area contributed by atoms with Crippen LogP contribution in [0.1, 0.15) is 12.8 Å². The normalized spacial score (nSPS) is 21.3. The third-order valence-corrected chi connectivity index (χ3v) is 3.67. The highest BCUT2D eigenvalue weighted by Crippen LogP contribution is 2.37. The van der Waals surface area contributed by atoms with Crippen molar-refractivity contribution in [3.05, 3.63) is 30.3 Å². The van der Waals surface area contributed by atoms with Crippen LogP contribution < -0.4 is 10.1 Å². The van der Waals surface area contributed by atoms with Crippen molar-refractivity contribution < 1.29 is 27.8 Å². The molecule has 2 amide bonds. The lowest BCUT2D eigenvalue weighted by atomic mass is 10.0. The minimum Gasteiger partial charge on any atom is -0.494 e. The number of amides is 2. The maximum absolute atomic E-state index is 12.7. The van der Waals surface area contributed by atoms with Gasteiger partial charge in [0.25, 0.3) is 0 Å². The number of rotatable bonds is 5. The zero-order valence-corrected chi connectivity index (χ0v) is 12.5. The van der Waals surface area contributed by atoms with Gasteiger partial charge in [0.05, 0.1) is 13.2 Å². The monoisotopic (exact) mass is 332 g/mol. The number of urea groups is 1. The van der Waals surface area contributed by atoms with Crippen LogP contribution in [0.5, 0.6) is 5.75 Å². The van der Waals surface area contributed by atoms with E-state index in [4.69, 9.17) is 4.74 Å². The number of carbonyl (C=O) groups excluding carboxylic acids is 1. The number of hydrogen-bond donors (Lipinski definition) is 2. The SMILES string of the molecule is O=C(NCCCOc1ccccc1)N1CC[C@@](O)(C(F)(F)F)C1. The average Bonchev–Trinajstić information content (AvgIpc) is 2.91. The highest BCUT2D eigenvalue weighted by Gasteiger charge is 2.57. The molecule has 1 heterocycles. The Bertz CT molecular complexity index is 524. The predicted molar refractivity (Wildman–Crippen MR) is 77.1 cm³/mol. The molecule has 0 aliphatic carbocycles. The summed E-state index contributed by atoms with van der Waals surface area (Å²) in [5, 5.41) is 12.0. The highest BCUT2D eigenvalue weighted by molar-refractivity contribution is 5.74. The summed E-state index contributed by atoms with van der Waals surface area (Å²) in [5.41, 5.74) is -2.80. The number of ether oxygens (including phenoxy) is 1. The molecule has 128 valence electrons. The minimum absolute atomic E-state index is 0.123. The van der Waals surface area contributed by atoms with E-state index in [2.05, 4.69) is 5.32 Å². The Hall–Kier alpha value is -1.96. The lowest BCUT2D eigenvalue weighted by Gasteiger charge is -2.25. The molecule has 1 aromatic rings. The summed E-state index contributed by atoms with van der Waals surface area (Å²) in [5.74, 6) is 0.716. The summed E-state index contributed by atoms with van der Waals surface area (Å²) in [6, 6.07) is 8.55.